The van der Waals surface area contributed by atoms with Crippen LogP contribution < -0.4 is 0 Å². The molecule has 2 aromatic rings. The minimum Gasteiger partial charge on any atom is -0.465 e. The molecule has 0 unspecified atom stereocenters. The van der Waals surface area contributed by atoms with Gasteiger partial charge in [-0.05, 0) is 12.1 Å². The van der Waals surface area contributed by atoms with Gasteiger partial charge in [0.25, 0.3) is 5.69 Å². The Morgan fingerprint density at radius 3 is 2.29 bits per heavy atom. The van der Waals surface area contributed by atoms with Crippen molar-refractivity contribution >= 4 is 17.4 Å². The minimum atomic E-state index is -0.819. The average molecular weight is 285 g/mol. The zero-order valence-electron chi connectivity index (χ0n) is 11.1. The van der Waals surface area contributed by atoms with Crippen LogP contribution in [0.1, 0.15) is 26.3 Å². The van der Waals surface area contributed by atoms with E-state index in [1.165, 1.54) is 12.1 Å². The van der Waals surface area contributed by atoms with E-state index in [2.05, 4.69) is 4.74 Å². The standard InChI is InChI=1S/C15H11NO5/c1-21-15(18)12-8-7-11(9-13(12)16(19)20)14(17)10-5-3-2-4-6-10/h2-9H,1H3. The lowest BCUT2D eigenvalue weighted by atomic mass is 10.0. The molecule has 0 N–H and O–H groups in total. The Bertz CT molecular complexity index is 709. The van der Waals surface area contributed by atoms with Gasteiger partial charge in [0.05, 0.1) is 12.0 Å². The first kappa shape index (κ1) is 14.4. The van der Waals surface area contributed by atoms with E-state index in [0.717, 1.165) is 13.2 Å². The van der Waals surface area contributed by atoms with Crippen molar-refractivity contribution in [3.8, 4) is 0 Å². The van der Waals surface area contributed by atoms with Crippen LogP contribution in [0, 0.1) is 10.1 Å². The van der Waals surface area contributed by atoms with Crippen LogP contribution in [0.15, 0.2) is 48.5 Å². The SMILES string of the molecule is COC(=O)c1ccc(C(=O)c2ccccc2)cc1[N+](=O)[O-]. The van der Waals surface area contributed by atoms with Crippen LogP contribution in [0.3, 0.4) is 0 Å². The number of ketones is 1. The van der Waals surface area contributed by atoms with E-state index < -0.39 is 16.6 Å². The highest BCUT2D eigenvalue weighted by molar-refractivity contribution is 6.10. The second kappa shape index (κ2) is 5.96. The molecule has 0 spiro atoms. The second-order valence-corrected chi connectivity index (χ2v) is 4.18. The summed E-state index contributed by atoms with van der Waals surface area (Å²) in [6, 6.07) is 12.1. The Balaban J connectivity index is 2.48. The Morgan fingerprint density at radius 2 is 1.71 bits per heavy atom. The van der Waals surface area contributed by atoms with Crippen LogP contribution in [0.25, 0.3) is 0 Å². The first-order valence-electron chi connectivity index (χ1n) is 6.01. The van der Waals surface area contributed by atoms with Gasteiger partial charge in [0.15, 0.2) is 5.78 Å². The molecule has 0 amide bonds. The first-order chi connectivity index (χ1) is 10.0. The number of benzene rings is 2. The summed E-state index contributed by atoms with van der Waals surface area (Å²) >= 11 is 0. The third-order valence-electron chi connectivity index (χ3n) is 2.90. The lowest BCUT2D eigenvalue weighted by Crippen LogP contribution is -2.08. The molecule has 0 aliphatic rings. The number of nitro groups is 1. The van der Waals surface area contributed by atoms with Crippen molar-refractivity contribution in [1.29, 1.82) is 0 Å². The molecule has 21 heavy (non-hydrogen) atoms. The molecule has 106 valence electrons. The quantitative estimate of drug-likeness (QED) is 0.373. The third kappa shape index (κ3) is 2.94. The van der Waals surface area contributed by atoms with Gasteiger partial charge in [-0.3, -0.25) is 14.9 Å². The van der Waals surface area contributed by atoms with Gasteiger partial charge in [-0.15, -0.1) is 0 Å². The number of ether oxygens (including phenoxy) is 1. The van der Waals surface area contributed by atoms with Crippen LogP contribution in [0.5, 0.6) is 0 Å². The Morgan fingerprint density at radius 1 is 1.05 bits per heavy atom. The molecular formula is C15H11NO5. The summed E-state index contributed by atoms with van der Waals surface area (Å²) < 4.78 is 4.48. The maximum Gasteiger partial charge on any atom is 0.344 e. The fourth-order valence-corrected chi connectivity index (χ4v) is 1.86. The zero-order chi connectivity index (χ0) is 15.4. The summed E-state index contributed by atoms with van der Waals surface area (Å²) in [7, 11) is 1.13. The number of nitrogens with zero attached hydrogens (tertiary/aromatic N) is 1. The molecule has 0 atom stereocenters. The van der Waals surface area contributed by atoms with Crippen LogP contribution in [-0.2, 0) is 4.74 Å². The van der Waals surface area contributed by atoms with Crippen LogP contribution >= 0.6 is 0 Å². The van der Waals surface area contributed by atoms with Gasteiger partial charge in [0.1, 0.15) is 5.56 Å². The molecule has 0 saturated heterocycles. The van der Waals surface area contributed by atoms with E-state index in [-0.39, 0.29) is 16.9 Å². The molecule has 0 fully saturated rings. The van der Waals surface area contributed by atoms with Crippen molar-refractivity contribution in [2.24, 2.45) is 0 Å². The topological polar surface area (TPSA) is 86.5 Å². The predicted octanol–water partition coefficient (Wildman–Crippen LogP) is 2.61. The average Bonchev–Trinajstić information content (AvgIpc) is 2.53. The number of nitro benzene ring substituents is 1. The van der Waals surface area contributed by atoms with E-state index in [4.69, 9.17) is 0 Å². The van der Waals surface area contributed by atoms with Gasteiger partial charge in [-0.2, -0.15) is 0 Å². The third-order valence-corrected chi connectivity index (χ3v) is 2.90. The zero-order valence-corrected chi connectivity index (χ0v) is 11.1. The van der Waals surface area contributed by atoms with Crippen molar-refractivity contribution in [2.75, 3.05) is 7.11 Å². The number of hydrogen-bond donors (Lipinski definition) is 0. The second-order valence-electron chi connectivity index (χ2n) is 4.18. The maximum atomic E-state index is 12.2. The molecule has 0 aliphatic heterocycles. The molecule has 0 radical (unpaired) electrons. The summed E-state index contributed by atoms with van der Waals surface area (Å²) in [5.74, 6) is -1.17. The molecular weight excluding hydrogens is 274 g/mol. The smallest absolute Gasteiger partial charge is 0.344 e. The Kier molecular flexibility index (Phi) is 4.08. The number of carbonyl (C=O) groups excluding carboxylic acids is 2. The number of carbonyl (C=O) groups is 2. The van der Waals surface area contributed by atoms with Gasteiger partial charge >= 0.3 is 5.97 Å². The summed E-state index contributed by atoms with van der Waals surface area (Å²) in [6.07, 6.45) is 0. The molecule has 6 heteroatoms. The highest BCUT2D eigenvalue weighted by Gasteiger charge is 2.23. The largest absolute Gasteiger partial charge is 0.465 e. The summed E-state index contributed by atoms with van der Waals surface area (Å²) in [6.45, 7) is 0. The predicted molar refractivity (Wildman–Crippen MR) is 74.3 cm³/mol. The normalized spacial score (nSPS) is 9.95. The Hall–Kier alpha value is -3.02. The van der Waals surface area contributed by atoms with E-state index in [0.29, 0.717) is 5.56 Å². The van der Waals surface area contributed by atoms with Crippen molar-refractivity contribution in [2.45, 2.75) is 0 Å². The van der Waals surface area contributed by atoms with Crippen LogP contribution in [0.4, 0.5) is 5.69 Å². The van der Waals surface area contributed by atoms with Gasteiger partial charge < -0.3 is 4.74 Å². The summed E-state index contributed by atoms with van der Waals surface area (Å²) in [5, 5.41) is 11.0. The highest BCUT2D eigenvalue weighted by atomic mass is 16.6. The highest BCUT2D eigenvalue weighted by Crippen LogP contribution is 2.22. The van der Waals surface area contributed by atoms with Gasteiger partial charge in [0, 0.05) is 17.2 Å². The van der Waals surface area contributed by atoms with E-state index in [1.54, 1.807) is 30.3 Å². The molecule has 0 aliphatic carbocycles. The minimum absolute atomic E-state index is 0.139. The molecule has 2 aromatic carbocycles. The molecule has 0 bridgehead atoms. The van der Waals surface area contributed by atoms with E-state index in [9.17, 15) is 19.7 Å². The van der Waals surface area contributed by atoms with E-state index >= 15 is 0 Å². The lowest BCUT2D eigenvalue weighted by molar-refractivity contribution is -0.385. The fraction of sp³-hybridized carbons (Fsp3) is 0.0667. The van der Waals surface area contributed by atoms with Gasteiger partial charge in [-0.1, -0.05) is 30.3 Å². The number of esters is 1. The first-order valence-corrected chi connectivity index (χ1v) is 6.01. The van der Waals surface area contributed by atoms with Gasteiger partial charge in [-0.25, -0.2) is 4.79 Å². The maximum absolute atomic E-state index is 12.2. The van der Waals surface area contributed by atoms with E-state index in [1.807, 2.05) is 0 Å². The summed E-state index contributed by atoms with van der Waals surface area (Å²) in [5.41, 5.74) is -0.0890. The fourth-order valence-electron chi connectivity index (χ4n) is 1.86. The summed E-state index contributed by atoms with van der Waals surface area (Å²) in [4.78, 5) is 34.0. The number of methoxy groups -OCH3 is 1. The van der Waals surface area contributed by atoms with Crippen molar-refractivity contribution in [3.05, 3.63) is 75.3 Å². The molecule has 0 heterocycles. The monoisotopic (exact) mass is 285 g/mol. The number of hydrogen-bond acceptors (Lipinski definition) is 5. The molecule has 0 aromatic heterocycles. The Labute approximate surface area is 120 Å². The van der Waals surface area contributed by atoms with Crippen LogP contribution in [-0.4, -0.2) is 23.8 Å². The lowest BCUT2D eigenvalue weighted by Gasteiger charge is -2.04. The van der Waals surface area contributed by atoms with Crippen LogP contribution in [0.2, 0.25) is 0 Å². The van der Waals surface area contributed by atoms with Crippen molar-refractivity contribution in [3.63, 3.8) is 0 Å². The van der Waals surface area contributed by atoms with Crippen molar-refractivity contribution < 1.29 is 19.2 Å². The molecule has 2 rings (SSSR count). The van der Waals surface area contributed by atoms with Gasteiger partial charge in [0.2, 0.25) is 0 Å². The van der Waals surface area contributed by atoms with Crippen molar-refractivity contribution in [1.82, 2.24) is 0 Å². The molecule has 0 saturated carbocycles. The number of rotatable bonds is 4. The molecule has 6 nitrogen and oxygen atoms in total.